The summed E-state index contributed by atoms with van der Waals surface area (Å²) < 4.78 is 39.6. The summed E-state index contributed by atoms with van der Waals surface area (Å²) in [6.45, 7) is 3.86. The largest absolute Gasteiger partial charge is 0.419 e. The van der Waals surface area contributed by atoms with Gasteiger partial charge in [-0.15, -0.1) is 0 Å². The van der Waals surface area contributed by atoms with E-state index in [1.165, 1.54) is 6.33 Å². The number of nitrogens with zero attached hydrogens (tertiary/aromatic N) is 7. The molecule has 0 aromatic carbocycles. The zero-order valence-corrected chi connectivity index (χ0v) is 17.2. The average molecular weight is 452 g/mol. The standard InChI is InChI=1S/C19H17ClF3N7O/c1-10-13-7-28(8-14(13)30-17(16(10)20)26-9-27-30)15(31)2-11-5-29(6-11)18-24-3-12(4-25-18)19(21,22)23/h3-4,9,11H,2,5-8H2,1H3. The lowest BCUT2D eigenvalue weighted by molar-refractivity contribution is -0.138. The Hall–Kier alpha value is -2.95. The minimum Gasteiger partial charge on any atom is -0.340 e. The molecule has 5 rings (SSSR count). The first-order chi connectivity index (χ1) is 14.7. The van der Waals surface area contributed by atoms with Crippen molar-refractivity contribution in [1.29, 1.82) is 0 Å². The summed E-state index contributed by atoms with van der Waals surface area (Å²) in [6, 6.07) is 0. The summed E-state index contributed by atoms with van der Waals surface area (Å²) in [6.07, 6.45) is -1.12. The van der Waals surface area contributed by atoms with Crippen LogP contribution in [0.1, 0.15) is 28.8 Å². The average Bonchev–Trinajstić information content (AvgIpc) is 3.35. The van der Waals surface area contributed by atoms with Crippen LogP contribution in [0.2, 0.25) is 5.02 Å². The minimum absolute atomic E-state index is 0.0120. The topological polar surface area (TPSA) is 79.5 Å². The monoisotopic (exact) mass is 451 g/mol. The minimum atomic E-state index is -4.46. The molecule has 2 aliphatic rings. The second-order valence-electron chi connectivity index (χ2n) is 7.85. The van der Waals surface area contributed by atoms with Gasteiger partial charge in [-0.1, -0.05) is 11.6 Å². The third kappa shape index (κ3) is 3.36. The third-order valence-electron chi connectivity index (χ3n) is 5.84. The fraction of sp³-hybridized carbons (Fsp3) is 0.421. The van der Waals surface area contributed by atoms with Crippen LogP contribution >= 0.6 is 11.6 Å². The molecule has 31 heavy (non-hydrogen) atoms. The smallest absolute Gasteiger partial charge is 0.340 e. The number of amides is 1. The van der Waals surface area contributed by atoms with E-state index < -0.39 is 11.7 Å². The van der Waals surface area contributed by atoms with E-state index in [2.05, 4.69) is 20.1 Å². The highest BCUT2D eigenvalue weighted by Crippen LogP contribution is 2.34. The van der Waals surface area contributed by atoms with Crippen molar-refractivity contribution in [3.63, 3.8) is 0 Å². The Balaban J connectivity index is 1.21. The lowest BCUT2D eigenvalue weighted by Crippen LogP contribution is -2.49. The van der Waals surface area contributed by atoms with Crippen molar-refractivity contribution in [1.82, 2.24) is 29.5 Å². The highest BCUT2D eigenvalue weighted by molar-refractivity contribution is 6.34. The molecule has 0 unspecified atom stereocenters. The molecule has 0 atom stereocenters. The third-order valence-corrected chi connectivity index (χ3v) is 6.29. The second kappa shape index (κ2) is 7.04. The maximum Gasteiger partial charge on any atom is 0.419 e. The molecular formula is C19H17ClF3N7O. The van der Waals surface area contributed by atoms with Crippen LogP contribution in [-0.2, 0) is 24.1 Å². The van der Waals surface area contributed by atoms with Crippen LogP contribution in [0, 0.1) is 12.8 Å². The number of rotatable bonds is 3. The normalized spacial score (nSPS) is 16.7. The van der Waals surface area contributed by atoms with E-state index in [1.54, 1.807) is 14.3 Å². The van der Waals surface area contributed by atoms with Crippen molar-refractivity contribution < 1.29 is 18.0 Å². The van der Waals surface area contributed by atoms with Gasteiger partial charge in [-0.05, 0) is 18.1 Å². The Kier molecular flexibility index (Phi) is 4.54. The number of halogens is 4. The Morgan fingerprint density at radius 1 is 1.19 bits per heavy atom. The van der Waals surface area contributed by atoms with Gasteiger partial charge in [-0.25, -0.2) is 19.5 Å². The van der Waals surface area contributed by atoms with Gasteiger partial charge in [0.15, 0.2) is 5.65 Å². The van der Waals surface area contributed by atoms with Gasteiger partial charge in [0.2, 0.25) is 11.9 Å². The molecule has 1 saturated heterocycles. The van der Waals surface area contributed by atoms with E-state index in [-0.39, 0.29) is 17.8 Å². The zero-order chi connectivity index (χ0) is 21.9. The van der Waals surface area contributed by atoms with Crippen molar-refractivity contribution in [2.75, 3.05) is 18.0 Å². The summed E-state index contributed by atoms with van der Waals surface area (Å²) in [7, 11) is 0. The molecule has 0 bridgehead atoms. The van der Waals surface area contributed by atoms with Crippen molar-refractivity contribution in [2.24, 2.45) is 5.92 Å². The van der Waals surface area contributed by atoms with Crippen molar-refractivity contribution in [2.45, 2.75) is 32.6 Å². The number of alkyl halides is 3. The van der Waals surface area contributed by atoms with Gasteiger partial charge >= 0.3 is 6.18 Å². The summed E-state index contributed by atoms with van der Waals surface area (Å²) in [4.78, 5) is 28.2. The summed E-state index contributed by atoms with van der Waals surface area (Å²) in [5.41, 5.74) is 2.51. The lowest BCUT2D eigenvalue weighted by Gasteiger charge is -2.39. The molecule has 1 fully saturated rings. The maximum atomic E-state index is 12.9. The van der Waals surface area contributed by atoms with Crippen LogP contribution in [-0.4, -0.2) is 48.5 Å². The SMILES string of the molecule is Cc1c2c(n3ncnc3c1Cl)CN(C(=O)CC1CN(c3ncc(C(F)(F)F)cn3)C1)C2. The molecule has 0 aliphatic carbocycles. The van der Waals surface area contributed by atoms with Crippen LogP contribution < -0.4 is 4.90 Å². The van der Waals surface area contributed by atoms with Crippen LogP contribution in [0.3, 0.4) is 0 Å². The molecule has 0 N–H and O–H groups in total. The highest BCUT2D eigenvalue weighted by atomic mass is 35.5. The Bertz CT molecular complexity index is 1170. The summed E-state index contributed by atoms with van der Waals surface area (Å²) in [5, 5.41) is 4.77. The molecule has 2 aliphatic heterocycles. The fourth-order valence-corrected chi connectivity index (χ4v) is 4.32. The van der Waals surface area contributed by atoms with Gasteiger partial charge in [-0.2, -0.15) is 18.3 Å². The van der Waals surface area contributed by atoms with E-state index >= 15 is 0 Å². The van der Waals surface area contributed by atoms with Crippen LogP contribution in [0.15, 0.2) is 18.7 Å². The van der Waals surface area contributed by atoms with E-state index in [9.17, 15) is 18.0 Å². The Morgan fingerprint density at radius 2 is 1.90 bits per heavy atom. The predicted octanol–water partition coefficient (Wildman–Crippen LogP) is 2.87. The maximum absolute atomic E-state index is 12.9. The molecule has 162 valence electrons. The van der Waals surface area contributed by atoms with Crippen LogP contribution in [0.4, 0.5) is 19.1 Å². The van der Waals surface area contributed by atoms with Gasteiger partial charge in [0.25, 0.3) is 0 Å². The highest BCUT2D eigenvalue weighted by Gasteiger charge is 2.36. The number of anilines is 1. The molecule has 0 saturated carbocycles. The predicted molar refractivity (Wildman–Crippen MR) is 104 cm³/mol. The first-order valence-electron chi connectivity index (χ1n) is 9.64. The molecule has 5 heterocycles. The first kappa shape index (κ1) is 20.0. The van der Waals surface area contributed by atoms with E-state index in [0.717, 1.165) is 29.2 Å². The molecule has 3 aromatic heterocycles. The first-order valence-corrected chi connectivity index (χ1v) is 10.0. The van der Waals surface area contributed by atoms with Gasteiger partial charge in [0, 0.05) is 44.4 Å². The molecule has 3 aromatic rings. The van der Waals surface area contributed by atoms with Crippen molar-refractivity contribution >= 4 is 29.1 Å². The molecule has 8 nitrogen and oxygen atoms in total. The zero-order valence-electron chi connectivity index (χ0n) is 16.4. The number of pyridine rings is 1. The number of carbonyl (C=O) groups is 1. The molecule has 0 spiro atoms. The Labute approximate surface area is 179 Å². The van der Waals surface area contributed by atoms with E-state index in [4.69, 9.17) is 11.6 Å². The molecular weight excluding hydrogens is 435 g/mol. The van der Waals surface area contributed by atoms with Crippen molar-refractivity contribution in [3.05, 3.63) is 46.1 Å². The lowest BCUT2D eigenvalue weighted by atomic mass is 9.96. The Morgan fingerprint density at radius 3 is 2.58 bits per heavy atom. The van der Waals surface area contributed by atoms with Crippen molar-refractivity contribution in [3.8, 4) is 0 Å². The number of fused-ring (bicyclic) bond motifs is 3. The summed E-state index contributed by atoms with van der Waals surface area (Å²) >= 11 is 6.40. The number of carbonyl (C=O) groups excluding carboxylic acids is 1. The number of hydrogen-bond acceptors (Lipinski definition) is 6. The van der Waals surface area contributed by atoms with Gasteiger partial charge in [0.1, 0.15) is 6.33 Å². The fourth-order valence-electron chi connectivity index (χ4n) is 4.08. The van der Waals surface area contributed by atoms with Gasteiger partial charge in [-0.3, -0.25) is 4.79 Å². The van der Waals surface area contributed by atoms with Crippen LogP contribution in [0.25, 0.3) is 5.65 Å². The molecule has 12 heteroatoms. The number of aromatic nitrogens is 5. The molecule has 0 radical (unpaired) electrons. The van der Waals surface area contributed by atoms with Gasteiger partial charge in [0.05, 0.1) is 22.8 Å². The number of hydrogen-bond donors (Lipinski definition) is 0. The molecule has 1 amide bonds. The summed E-state index contributed by atoms with van der Waals surface area (Å²) in [5.74, 6) is 0.347. The second-order valence-corrected chi connectivity index (χ2v) is 8.23. The quantitative estimate of drug-likeness (QED) is 0.609. The van der Waals surface area contributed by atoms with Gasteiger partial charge < -0.3 is 9.80 Å². The van der Waals surface area contributed by atoms with Crippen LogP contribution in [0.5, 0.6) is 0 Å². The van der Waals surface area contributed by atoms with E-state index in [0.29, 0.717) is 43.3 Å². The van der Waals surface area contributed by atoms with E-state index in [1.807, 2.05) is 6.92 Å².